The van der Waals surface area contributed by atoms with Gasteiger partial charge in [-0.25, -0.2) is 0 Å². The molecule has 0 saturated carbocycles. The summed E-state index contributed by atoms with van der Waals surface area (Å²) in [6, 6.07) is 0. The second kappa shape index (κ2) is 3.83. The van der Waals surface area contributed by atoms with Crippen molar-refractivity contribution in [3.05, 3.63) is 12.4 Å². The Morgan fingerprint density at radius 2 is 2.10 bits per heavy atom. The number of aliphatic hydroxyl groups excluding tert-OH is 1. The number of rotatable bonds is 1. The van der Waals surface area contributed by atoms with Gasteiger partial charge in [0.05, 0.1) is 6.67 Å². The highest BCUT2D eigenvalue weighted by Crippen LogP contribution is 2.05. The molecule has 0 radical (unpaired) electrons. The Morgan fingerprint density at radius 3 is 2.30 bits per heavy atom. The lowest BCUT2D eigenvalue weighted by molar-refractivity contribution is 0.0445. The van der Waals surface area contributed by atoms with Crippen LogP contribution in [0, 0.1) is 0 Å². The Kier molecular flexibility index (Phi) is 3.75. The molecule has 0 aromatic rings. The molecule has 0 saturated heterocycles. The highest BCUT2D eigenvalue weighted by Gasteiger charge is 2.11. The molecule has 0 aliphatic carbocycles. The SMILES string of the molecule is Br.CC(O)N1C=CN(C)C1. The molecule has 1 rings (SSSR count). The molecular weight excluding hydrogens is 196 g/mol. The second-order valence-corrected chi connectivity index (χ2v) is 2.34. The van der Waals surface area contributed by atoms with Crippen LogP contribution >= 0.6 is 17.0 Å². The zero-order chi connectivity index (χ0) is 6.85. The molecule has 1 aliphatic rings. The normalized spacial score (nSPS) is 19.1. The van der Waals surface area contributed by atoms with E-state index in [1.165, 1.54) is 0 Å². The first-order chi connectivity index (χ1) is 4.20. The van der Waals surface area contributed by atoms with Gasteiger partial charge >= 0.3 is 0 Å². The highest BCUT2D eigenvalue weighted by molar-refractivity contribution is 8.93. The third kappa shape index (κ3) is 2.19. The molecule has 10 heavy (non-hydrogen) atoms. The first-order valence-corrected chi connectivity index (χ1v) is 3.02. The monoisotopic (exact) mass is 208 g/mol. The van der Waals surface area contributed by atoms with Crippen LogP contribution < -0.4 is 0 Å². The third-order valence-electron chi connectivity index (χ3n) is 1.38. The van der Waals surface area contributed by atoms with E-state index in [1.54, 1.807) is 6.92 Å². The zero-order valence-corrected chi connectivity index (χ0v) is 7.90. The van der Waals surface area contributed by atoms with Gasteiger partial charge in [-0.1, -0.05) is 0 Å². The molecular formula is C6H13BrN2O. The Hall–Kier alpha value is -0.220. The van der Waals surface area contributed by atoms with E-state index >= 15 is 0 Å². The molecule has 1 heterocycles. The van der Waals surface area contributed by atoms with Gasteiger partial charge in [0.15, 0.2) is 0 Å². The lowest BCUT2D eigenvalue weighted by atomic mass is 10.6. The third-order valence-corrected chi connectivity index (χ3v) is 1.38. The quantitative estimate of drug-likeness (QED) is 0.684. The maximum absolute atomic E-state index is 9.02. The van der Waals surface area contributed by atoms with E-state index in [-0.39, 0.29) is 23.2 Å². The van der Waals surface area contributed by atoms with Crippen molar-refractivity contribution in [3.63, 3.8) is 0 Å². The van der Waals surface area contributed by atoms with Gasteiger partial charge < -0.3 is 14.9 Å². The minimum atomic E-state index is -0.369. The van der Waals surface area contributed by atoms with Crippen molar-refractivity contribution < 1.29 is 5.11 Å². The minimum Gasteiger partial charge on any atom is -0.374 e. The summed E-state index contributed by atoms with van der Waals surface area (Å²) in [4.78, 5) is 3.85. The molecule has 60 valence electrons. The van der Waals surface area contributed by atoms with Crippen molar-refractivity contribution in [2.45, 2.75) is 13.2 Å². The number of halogens is 1. The van der Waals surface area contributed by atoms with Crippen LogP contribution in [-0.4, -0.2) is 34.9 Å². The van der Waals surface area contributed by atoms with E-state index in [2.05, 4.69) is 0 Å². The fourth-order valence-corrected chi connectivity index (χ4v) is 0.794. The largest absolute Gasteiger partial charge is 0.374 e. The lowest BCUT2D eigenvalue weighted by Gasteiger charge is -2.20. The molecule has 0 aromatic heterocycles. The summed E-state index contributed by atoms with van der Waals surface area (Å²) in [6.45, 7) is 2.54. The van der Waals surface area contributed by atoms with Crippen LogP contribution in [0.1, 0.15) is 6.92 Å². The molecule has 1 unspecified atom stereocenters. The summed E-state index contributed by atoms with van der Waals surface area (Å²) in [5.74, 6) is 0. The molecule has 0 fully saturated rings. The van der Waals surface area contributed by atoms with Gasteiger partial charge in [0, 0.05) is 19.4 Å². The molecule has 3 nitrogen and oxygen atoms in total. The number of hydrogen-bond donors (Lipinski definition) is 1. The molecule has 1 N–H and O–H groups in total. The van der Waals surface area contributed by atoms with E-state index in [1.807, 2.05) is 29.2 Å². The molecule has 0 amide bonds. The average molecular weight is 209 g/mol. The fraction of sp³-hybridized carbons (Fsp3) is 0.667. The molecule has 0 bridgehead atoms. The van der Waals surface area contributed by atoms with Gasteiger partial charge in [-0.2, -0.15) is 0 Å². The van der Waals surface area contributed by atoms with E-state index < -0.39 is 0 Å². The topological polar surface area (TPSA) is 26.7 Å². The van der Waals surface area contributed by atoms with E-state index in [9.17, 15) is 0 Å². The summed E-state index contributed by atoms with van der Waals surface area (Å²) < 4.78 is 0. The van der Waals surface area contributed by atoms with Crippen molar-refractivity contribution in [2.24, 2.45) is 0 Å². The van der Waals surface area contributed by atoms with Crippen molar-refractivity contribution in [2.75, 3.05) is 13.7 Å². The average Bonchev–Trinajstić information content (AvgIpc) is 2.14. The minimum absolute atomic E-state index is 0. The van der Waals surface area contributed by atoms with Crippen LogP contribution in [0.4, 0.5) is 0 Å². The Bertz CT molecular complexity index is 127. The van der Waals surface area contributed by atoms with Crippen LogP contribution in [-0.2, 0) is 0 Å². The number of nitrogens with zero attached hydrogens (tertiary/aromatic N) is 2. The van der Waals surface area contributed by atoms with Gasteiger partial charge in [-0.3, -0.25) is 0 Å². The highest BCUT2D eigenvalue weighted by atomic mass is 79.9. The second-order valence-electron chi connectivity index (χ2n) is 2.34. The maximum Gasteiger partial charge on any atom is 0.125 e. The van der Waals surface area contributed by atoms with Crippen LogP contribution in [0.25, 0.3) is 0 Å². The van der Waals surface area contributed by atoms with Gasteiger partial charge in [-0.05, 0) is 6.92 Å². The van der Waals surface area contributed by atoms with E-state index in [4.69, 9.17) is 5.11 Å². The van der Waals surface area contributed by atoms with Crippen molar-refractivity contribution in [3.8, 4) is 0 Å². The zero-order valence-electron chi connectivity index (χ0n) is 6.19. The van der Waals surface area contributed by atoms with Gasteiger partial charge in [0.1, 0.15) is 6.23 Å². The Labute approximate surface area is 71.7 Å². The molecule has 1 aliphatic heterocycles. The van der Waals surface area contributed by atoms with Crippen molar-refractivity contribution >= 4 is 17.0 Å². The first kappa shape index (κ1) is 9.78. The molecule has 0 spiro atoms. The van der Waals surface area contributed by atoms with E-state index in [0.717, 1.165) is 6.67 Å². The summed E-state index contributed by atoms with van der Waals surface area (Å²) in [6.07, 6.45) is 3.45. The summed E-state index contributed by atoms with van der Waals surface area (Å²) >= 11 is 0. The number of aliphatic hydroxyl groups is 1. The predicted molar refractivity (Wildman–Crippen MR) is 45.6 cm³/mol. The summed E-state index contributed by atoms with van der Waals surface area (Å²) in [7, 11) is 1.97. The Morgan fingerprint density at radius 1 is 1.50 bits per heavy atom. The van der Waals surface area contributed by atoms with Crippen molar-refractivity contribution in [1.82, 2.24) is 9.80 Å². The fourth-order valence-electron chi connectivity index (χ4n) is 0.794. The first-order valence-electron chi connectivity index (χ1n) is 3.02. The predicted octanol–water partition coefficient (Wildman–Crippen LogP) is 0.579. The molecule has 1 atom stereocenters. The standard InChI is InChI=1S/C6H12N2O.BrH/c1-6(9)8-4-3-7(2)5-8;/h3-4,6,9H,5H2,1-2H3;1H. The van der Waals surface area contributed by atoms with Crippen LogP contribution in [0.2, 0.25) is 0 Å². The maximum atomic E-state index is 9.02. The molecule has 4 heteroatoms. The van der Waals surface area contributed by atoms with Gasteiger partial charge in [0.2, 0.25) is 0 Å². The molecule has 0 aromatic carbocycles. The number of hydrogen-bond acceptors (Lipinski definition) is 3. The van der Waals surface area contributed by atoms with Crippen molar-refractivity contribution in [1.29, 1.82) is 0 Å². The van der Waals surface area contributed by atoms with E-state index in [0.29, 0.717) is 0 Å². The lowest BCUT2D eigenvalue weighted by Crippen LogP contribution is -2.30. The Balaban J connectivity index is 0.000000810. The van der Waals surface area contributed by atoms with Crippen LogP contribution in [0.3, 0.4) is 0 Å². The summed E-state index contributed by atoms with van der Waals surface area (Å²) in [5.41, 5.74) is 0. The van der Waals surface area contributed by atoms with Crippen LogP contribution in [0.15, 0.2) is 12.4 Å². The summed E-state index contributed by atoms with van der Waals surface area (Å²) in [5, 5.41) is 9.02. The van der Waals surface area contributed by atoms with Gasteiger partial charge in [0.25, 0.3) is 0 Å². The van der Waals surface area contributed by atoms with Gasteiger partial charge in [-0.15, -0.1) is 17.0 Å². The van der Waals surface area contributed by atoms with Crippen LogP contribution in [0.5, 0.6) is 0 Å². The smallest absolute Gasteiger partial charge is 0.125 e.